The van der Waals surface area contributed by atoms with Gasteiger partial charge in [-0.3, -0.25) is 24.0 Å². The van der Waals surface area contributed by atoms with Gasteiger partial charge in [-0.05, 0) is 25.3 Å². The van der Waals surface area contributed by atoms with Gasteiger partial charge in [-0.1, -0.05) is 30.3 Å². The van der Waals surface area contributed by atoms with Gasteiger partial charge < -0.3 is 37.6 Å². The highest BCUT2D eigenvalue weighted by atomic mass is 16.4. The zero-order chi connectivity index (χ0) is 25.8. The Morgan fingerprint density at radius 1 is 0.882 bits per heavy atom. The molecule has 0 radical (unpaired) electrons. The fraction of sp³-hybridized carbons (Fsp3) is 0.429. The van der Waals surface area contributed by atoms with Crippen molar-refractivity contribution in [2.75, 3.05) is 0 Å². The largest absolute Gasteiger partial charge is 0.481 e. The normalized spacial score (nSPS) is 14.1. The molecule has 4 amide bonds. The van der Waals surface area contributed by atoms with Crippen molar-refractivity contribution < 1.29 is 39.0 Å². The molecule has 1 aromatic carbocycles. The summed E-state index contributed by atoms with van der Waals surface area (Å²) in [5.74, 6) is -6.14. The van der Waals surface area contributed by atoms with Gasteiger partial charge in [0.1, 0.15) is 18.1 Å². The van der Waals surface area contributed by atoms with E-state index in [0.29, 0.717) is 0 Å². The number of hydrogen-bond acceptors (Lipinski definition) is 7. The van der Waals surface area contributed by atoms with Crippen LogP contribution in [-0.2, 0) is 35.2 Å². The van der Waals surface area contributed by atoms with Gasteiger partial charge in [-0.15, -0.1) is 0 Å². The lowest BCUT2D eigenvalue weighted by atomic mass is 10.0. The zero-order valence-corrected chi connectivity index (χ0v) is 18.5. The summed E-state index contributed by atoms with van der Waals surface area (Å²) in [5, 5.41) is 24.8. The maximum atomic E-state index is 12.7. The second-order valence-electron chi connectivity index (χ2n) is 7.59. The summed E-state index contributed by atoms with van der Waals surface area (Å²) in [7, 11) is 0. The molecule has 13 heteroatoms. The van der Waals surface area contributed by atoms with Crippen molar-refractivity contribution in [2.45, 2.75) is 56.8 Å². The first-order valence-electron chi connectivity index (χ1n) is 10.3. The Morgan fingerprint density at radius 2 is 1.47 bits per heavy atom. The van der Waals surface area contributed by atoms with Gasteiger partial charge in [-0.2, -0.15) is 0 Å². The SMILES string of the molecule is CC(NC(=O)C(CCC(=O)O)NC(=O)C(N)Cc1ccccc1)C(=O)NC(CC(N)=O)C(=O)O. The molecule has 0 aliphatic heterocycles. The molecule has 0 bridgehead atoms. The lowest BCUT2D eigenvalue weighted by Crippen LogP contribution is -2.56. The number of carbonyl (C=O) groups excluding carboxylic acids is 4. The monoisotopic (exact) mass is 479 g/mol. The molecule has 0 aromatic heterocycles. The van der Waals surface area contributed by atoms with Crippen molar-refractivity contribution in [2.24, 2.45) is 11.5 Å². The van der Waals surface area contributed by atoms with Gasteiger partial charge in [0, 0.05) is 6.42 Å². The number of benzene rings is 1. The molecule has 4 unspecified atom stereocenters. The lowest BCUT2D eigenvalue weighted by molar-refractivity contribution is -0.143. The number of carboxylic acids is 2. The van der Waals surface area contributed by atoms with Crippen LogP contribution in [0.25, 0.3) is 0 Å². The zero-order valence-electron chi connectivity index (χ0n) is 18.5. The van der Waals surface area contributed by atoms with E-state index in [9.17, 15) is 28.8 Å². The maximum absolute atomic E-state index is 12.7. The minimum Gasteiger partial charge on any atom is -0.481 e. The highest BCUT2D eigenvalue weighted by molar-refractivity contribution is 5.94. The molecule has 1 rings (SSSR count). The van der Waals surface area contributed by atoms with E-state index in [1.165, 1.54) is 6.92 Å². The fourth-order valence-corrected chi connectivity index (χ4v) is 2.85. The van der Waals surface area contributed by atoms with Crippen molar-refractivity contribution in [3.63, 3.8) is 0 Å². The Balaban J connectivity index is 2.80. The molecule has 0 saturated heterocycles. The van der Waals surface area contributed by atoms with Crippen LogP contribution in [0.5, 0.6) is 0 Å². The molecule has 186 valence electrons. The summed E-state index contributed by atoms with van der Waals surface area (Å²) in [6, 6.07) is 3.67. The van der Waals surface area contributed by atoms with Crippen LogP contribution in [0.1, 0.15) is 31.7 Å². The third kappa shape index (κ3) is 10.1. The molecule has 0 spiro atoms. The second-order valence-corrected chi connectivity index (χ2v) is 7.59. The van der Waals surface area contributed by atoms with Gasteiger partial charge in [0.25, 0.3) is 0 Å². The first-order valence-corrected chi connectivity index (χ1v) is 10.3. The van der Waals surface area contributed by atoms with Crippen molar-refractivity contribution in [1.82, 2.24) is 16.0 Å². The third-order valence-corrected chi connectivity index (χ3v) is 4.69. The van der Waals surface area contributed by atoms with Crippen LogP contribution in [0, 0.1) is 0 Å². The van der Waals surface area contributed by atoms with E-state index < -0.39 is 72.6 Å². The van der Waals surface area contributed by atoms with E-state index in [1.54, 1.807) is 30.3 Å². The molecule has 0 fully saturated rings. The summed E-state index contributed by atoms with van der Waals surface area (Å²) in [4.78, 5) is 70.5. The quantitative estimate of drug-likeness (QED) is 0.154. The molecule has 1 aromatic rings. The van der Waals surface area contributed by atoms with Gasteiger partial charge in [0.2, 0.25) is 23.6 Å². The minimum absolute atomic E-state index is 0.176. The number of amides is 4. The van der Waals surface area contributed by atoms with Crippen LogP contribution < -0.4 is 27.4 Å². The van der Waals surface area contributed by atoms with Gasteiger partial charge in [0.15, 0.2) is 0 Å². The van der Waals surface area contributed by atoms with Crippen molar-refractivity contribution in [3.05, 3.63) is 35.9 Å². The predicted octanol–water partition coefficient (Wildman–Crippen LogP) is -2.14. The van der Waals surface area contributed by atoms with E-state index >= 15 is 0 Å². The average molecular weight is 479 g/mol. The summed E-state index contributed by atoms with van der Waals surface area (Å²) >= 11 is 0. The first-order chi connectivity index (χ1) is 15.9. The van der Waals surface area contributed by atoms with Crippen LogP contribution in [0.15, 0.2) is 30.3 Å². The van der Waals surface area contributed by atoms with Crippen LogP contribution >= 0.6 is 0 Å². The number of primary amides is 1. The van der Waals surface area contributed by atoms with E-state index in [1.807, 2.05) is 0 Å². The summed E-state index contributed by atoms with van der Waals surface area (Å²) < 4.78 is 0. The summed E-state index contributed by atoms with van der Waals surface area (Å²) in [6.07, 6.45) is -1.21. The number of hydrogen-bond donors (Lipinski definition) is 7. The van der Waals surface area contributed by atoms with Gasteiger partial charge in [-0.25, -0.2) is 4.79 Å². The molecule has 0 heterocycles. The van der Waals surface area contributed by atoms with E-state index in [-0.39, 0.29) is 12.8 Å². The number of nitrogens with one attached hydrogen (secondary N) is 3. The van der Waals surface area contributed by atoms with Crippen LogP contribution in [-0.4, -0.2) is 69.9 Å². The number of rotatable bonds is 14. The van der Waals surface area contributed by atoms with Gasteiger partial charge >= 0.3 is 11.9 Å². The summed E-state index contributed by atoms with van der Waals surface area (Å²) in [6.45, 7) is 1.24. The molecule has 13 nitrogen and oxygen atoms in total. The molecule has 9 N–H and O–H groups in total. The summed E-state index contributed by atoms with van der Waals surface area (Å²) in [5.41, 5.74) is 11.7. The number of carbonyl (C=O) groups is 6. The van der Waals surface area contributed by atoms with Crippen LogP contribution in [0.2, 0.25) is 0 Å². The molecule has 0 aliphatic rings. The predicted molar refractivity (Wildman–Crippen MR) is 118 cm³/mol. The maximum Gasteiger partial charge on any atom is 0.326 e. The Hall–Kier alpha value is -4.00. The minimum atomic E-state index is -1.59. The Bertz CT molecular complexity index is 908. The van der Waals surface area contributed by atoms with Crippen LogP contribution in [0.4, 0.5) is 0 Å². The Labute approximate surface area is 195 Å². The van der Waals surface area contributed by atoms with Gasteiger partial charge in [0.05, 0.1) is 12.5 Å². The average Bonchev–Trinajstić information content (AvgIpc) is 2.75. The van der Waals surface area contributed by atoms with E-state index in [2.05, 4.69) is 16.0 Å². The standard InChI is InChI=1S/C21H29N5O8/c1-11(18(30)26-15(21(33)34)10-16(23)27)24-20(32)14(7-8-17(28)29)25-19(31)13(22)9-12-5-3-2-4-6-12/h2-6,11,13-15H,7-10,22H2,1H3,(H2,23,27)(H,24,32)(H,25,31)(H,26,30)(H,28,29)(H,33,34). The highest BCUT2D eigenvalue weighted by Crippen LogP contribution is 2.05. The smallest absolute Gasteiger partial charge is 0.326 e. The van der Waals surface area contributed by atoms with Crippen LogP contribution in [0.3, 0.4) is 0 Å². The third-order valence-electron chi connectivity index (χ3n) is 4.69. The van der Waals surface area contributed by atoms with Crippen molar-refractivity contribution >= 4 is 35.6 Å². The fourth-order valence-electron chi connectivity index (χ4n) is 2.85. The molecule has 4 atom stereocenters. The Morgan fingerprint density at radius 3 is 2.00 bits per heavy atom. The molecule has 0 saturated carbocycles. The molecular weight excluding hydrogens is 450 g/mol. The molecular formula is C21H29N5O8. The molecule has 0 aliphatic carbocycles. The molecule has 34 heavy (non-hydrogen) atoms. The highest BCUT2D eigenvalue weighted by Gasteiger charge is 2.29. The number of aliphatic carboxylic acids is 2. The number of nitrogens with two attached hydrogens (primary N) is 2. The van der Waals surface area contributed by atoms with Crippen molar-refractivity contribution in [1.29, 1.82) is 0 Å². The van der Waals surface area contributed by atoms with E-state index in [4.69, 9.17) is 21.7 Å². The first kappa shape index (κ1) is 28.0. The van der Waals surface area contributed by atoms with Crippen molar-refractivity contribution in [3.8, 4) is 0 Å². The Kier molecular flexibility index (Phi) is 11.2. The topological polar surface area (TPSA) is 231 Å². The second kappa shape index (κ2) is 13.5. The van der Waals surface area contributed by atoms with E-state index in [0.717, 1.165) is 5.56 Å². The number of carboxylic acid groups (broad SMARTS) is 2. The lowest BCUT2D eigenvalue weighted by Gasteiger charge is -2.23.